The van der Waals surface area contributed by atoms with Gasteiger partial charge < -0.3 is 10.1 Å². The second-order valence-corrected chi connectivity index (χ2v) is 5.26. The molecular formula is C14H14N2O2S. The minimum atomic E-state index is -0.476. The lowest BCUT2D eigenvalue weighted by atomic mass is 9.80. The van der Waals surface area contributed by atoms with E-state index in [1.165, 1.54) is 18.4 Å². The Morgan fingerprint density at radius 1 is 1.63 bits per heavy atom. The van der Waals surface area contributed by atoms with E-state index in [9.17, 15) is 10.1 Å². The number of ether oxygens (including phenoxy) is 1. The maximum atomic E-state index is 12.0. The van der Waals surface area contributed by atoms with Gasteiger partial charge in [0.1, 0.15) is 0 Å². The molecule has 1 aliphatic rings. The molecule has 2 rings (SSSR count). The minimum Gasteiger partial charge on any atom is -0.466 e. The SMILES string of the molecule is C=C1NC(C)=C(C(=O)OC)C(c2cccs2)C1C#N. The second kappa shape index (κ2) is 5.29. The Morgan fingerprint density at radius 2 is 2.37 bits per heavy atom. The first kappa shape index (κ1) is 13.4. The number of nitriles is 1. The number of carbonyl (C=O) groups is 1. The number of methoxy groups -OCH3 is 1. The predicted octanol–water partition coefficient (Wildman–Crippen LogP) is 2.54. The predicted molar refractivity (Wildman–Crippen MR) is 73.2 cm³/mol. The smallest absolute Gasteiger partial charge is 0.336 e. The fraction of sp³-hybridized carbons (Fsp3) is 0.286. The molecule has 19 heavy (non-hydrogen) atoms. The van der Waals surface area contributed by atoms with Crippen molar-refractivity contribution in [3.8, 4) is 6.07 Å². The van der Waals surface area contributed by atoms with Crippen molar-refractivity contribution in [2.75, 3.05) is 7.11 Å². The molecule has 0 amide bonds. The largest absolute Gasteiger partial charge is 0.466 e. The number of hydrogen-bond donors (Lipinski definition) is 1. The average Bonchev–Trinajstić information content (AvgIpc) is 2.90. The maximum absolute atomic E-state index is 12.0. The topological polar surface area (TPSA) is 62.1 Å². The Bertz CT molecular complexity index is 581. The summed E-state index contributed by atoms with van der Waals surface area (Å²) in [6.07, 6.45) is 0. The number of esters is 1. The number of rotatable bonds is 2. The summed E-state index contributed by atoms with van der Waals surface area (Å²) < 4.78 is 4.85. The van der Waals surface area contributed by atoms with Gasteiger partial charge in [-0.05, 0) is 18.4 Å². The molecule has 0 radical (unpaired) electrons. The van der Waals surface area contributed by atoms with Gasteiger partial charge in [0.2, 0.25) is 0 Å². The highest BCUT2D eigenvalue weighted by Gasteiger charge is 2.38. The molecule has 0 saturated heterocycles. The molecule has 2 atom stereocenters. The quantitative estimate of drug-likeness (QED) is 0.842. The van der Waals surface area contributed by atoms with Crippen molar-refractivity contribution in [1.82, 2.24) is 5.32 Å². The van der Waals surface area contributed by atoms with Crippen LogP contribution in [0.15, 0.2) is 41.1 Å². The zero-order valence-corrected chi connectivity index (χ0v) is 11.6. The molecule has 0 fully saturated rings. The van der Waals surface area contributed by atoms with Crippen LogP contribution in [0.5, 0.6) is 0 Å². The van der Waals surface area contributed by atoms with Gasteiger partial charge in [-0.1, -0.05) is 12.6 Å². The molecule has 0 aromatic carbocycles. The lowest BCUT2D eigenvalue weighted by Crippen LogP contribution is -2.34. The Kier molecular flexibility index (Phi) is 3.72. The molecule has 98 valence electrons. The van der Waals surface area contributed by atoms with Crippen LogP contribution in [0, 0.1) is 17.2 Å². The van der Waals surface area contributed by atoms with Crippen molar-refractivity contribution < 1.29 is 9.53 Å². The van der Waals surface area contributed by atoms with Crippen molar-refractivity contribution >= 4 is 17.3 Å². The van der Waals surface area contributed by atoms with Gasteiger partial charge in [-0.3, -0.25) is 0 Å². The Labute approximate surface area is 116 Å². The average molecular weight is 274 g/mol. The number of allylic oxidation sites excluding steroid dienone is 2. The van der Waals surface area contributed by atoms with E-state index in [1.807, 2.05) is 17.5 Å². The Hall–Kier alpha value is -2.06. The molecular weight excluding hydrogens is 260 g/mol. The highest BCUT2D eigenvalue weighted by molar-refractivity contribution is 7.10. The number of nitrogens with zero attached hydrogens (tertiary/aromatic N) is 1. The van der Waals surface area contributed by atoms with Gasteiger partial charge in [0, 0.05) is 22.2 Å². The maximum Gasteiger partial charge on any atom is 0.336 e. The van der Waals surface area contributed by atoms with Gasteiger partial charge in [-0.2, -0.15) is 5.26 Å². The summed E-state index contributed by atoms with van der Waals surface area (Å²) in [5.41, 5.74) is 1.82. The van der Waals surface area contributed by atoms with E-state index in [4.69, 9.17) is 4.74 Å². The first-order chi connectivity index (χ1) is 9.10. The molecule has 1 aliphatic heterocycles. The third-order valence-electron chi connectivity index (χ3n) is 3.17. The minimum absolute atomic E-state index is 0.314. The normalized spacial score (nSPS) is 22.7. The van der Waals surface area contributed by atoms with Crippen LogP contribution in [0.3, 0.4) is 0 Å². The number of nitrogens with one attached hydrogen (secondary N) is 1. The van der Waals surface area contributed by atoms with E-state index in [-0.39, 0.29) is 5.92 Å². The number of hydrogen-bond acceptors (Lipinski definition) is 5. The zero-order chi connectivity index (χ0) is 14.0. The molecule has 1 aromatic heterocycles. The summed E-state index contributed by atoms with van der Waals surface area (Å²) in [6, 6.07) is 6.06. The highest BCUT2D eigenvalue weighted by atomic mass is 32.1. The van der Waals surface area contributed by atoms with Gasteiger partial charge in [0.25, 0.3) is 0 Å². The fourth-order valence-electron chi connectivity index (χ4n) is 2.30. The van der Waals surface area contributed by atoms with Crippen molar-refractivity contribution in [3.63, 3.8) is 0 Å². The van der Waals surface area contributed by atoms with E-state index in [0.717, 1.165) is 4.88 Å². The Balaban J connectivity index is 2.58. The second-order valence-electron chi connectivity index (χ2n) is 4.28. The fourth-order valence-corrected chi connectivity index (χ4v) is 3.18. The zero-order valence-electron chi connectivity index (χ0n) is 10.8. The summed E-state index contributed by atoms with van der Waals surface area (Å²) in [6.45, 7) is 5.68. The summed E-state index contributed by atoms with van der Waals surface area (Å²) in [5, 5.41) is 14.3. The van der Waals surface area contributed by atoms with Crippen LogP contribution in [0.1, 0.15) is 17.7 Å². The first-order valence-electron chi connectivity index (χ1n) is 5.78. The summed E-state index contributed by atoms with van der Waals surface area (Å²) in [4.78, 5) is 13.0. The van der Waals surface area contributed by atoms with Crippen LogP contribution in [0.4, 0.5) is 0 Å². The molecule has 1 N–H and O–H groups in total. The van der Waals surface area contributed by atoms with E-state index in [1.54, 1.807) is 6.92 Å². The lowest BCUT2D eigenvalue weighted by Gasteiger charge is -2.31. The van der Waals surface area contributed by atoms with Gasteiger partial charge in [-0.15, -0.1) is 11.3 Å². The molecule has 2 unspecified atom stereocenters. The summed E-state index contributed by atoms with van der Waals surface area (Å²) in [5.74, 6) is -1.20. The van der Waals surface area contributed by atoms with E-state index < -0.39 is 11.9 Å². The third-order valence-corrected chi connectivity index (χ3v) is 4.12. The van der Waals surface area contributed by atoms with E-state index in [2.05, 4.69) is 18.0 Å². The highest BCUT2D eigenvalue weighted by Crippen LogP contribution is 2.41. The standard InChI is InChI=1S/C14H14N2O2S/c1-8-10(7-15)13(11-5-4-6-19-11)12(9(2)16-8)14(17)18-3/h4-6,10,13,16H,1H2,2-3H3. The van der Waals surface area contributed by atoms with Crippen LogP contribution in [0.2, 0.25) is 0 Å². The molecule has 1 aromatic rings. The van der Waals surface area contributed by atoms with E-state index >= 15 is 0 Å². The summed E-state index contributed by atoms with van der Waals surface area (Å²) >= 11 is 1.52. The lowest BCUT2D eigenvalue weighted by molar-refractivity contribution is -0.136. The molecule has 0 spiro atoms. The monoisotopic (exact) mass is 274 g/mol. The molecule has 2 heterocycles. The molecule has 0 saturated carbocycles. The van der Waals surface area contributed by atoms with Gasteiger partial charge >= 0.3 is 5.97 Å². The van der Waals surface area contributed by atoms with Crippen LogP contribution in [-0.2, 0) is 9.53 Å². The van der Waals surface area contributed by atoms with Crippen LogP contribution < -0.4 is 5.32 Å². The third kappa shape index (κ3) is 2.27. The molecule has 5 heteroatoms. The molecule has 0 aliphatic carbocycles. The van der Waals surface area contributed by atoms with Crippen LogP contribution in [0.25, 0.3) is 0 Å². The van der Waals surface area contributed by atoms with Gasteiger partial charge in [-0.25, -0.2) is 4.79 Å². The number of thiophene rings is 1. The van der Waals surface area contributed by atoms with Crippen molar-refractivity contribution in [2.45, 2.75) is 12.8 Å². The van der Waals surface area contributed by atoms with E-state index in [0.29, 0.717) is 17.0 Å². The van der Waals surface area contributed by atoms with Gasteiger partial charge in [0.05, 0.1) is 24.7 Å². The van der Waals surface area contributed by atoms with Crippen LogP contribution in [-0.4, -0.2) is 13.1 Å². The Morgan fingerprint density at radius 3 is 2.89 bits per heavy atom. The van der Waals surface area contributed by atoms with Gasteiger partial charge in [0.15, 0.2) is 0 Å². The number of carbonyl (C=O) groups excluding carboxylic acids is 1. The molecule has 0 bridgehead atoms. The van der Waals surface area contributed by atoms with Crippen LogP contribution >= 0.6 is 11.3 Å². The van der Waals surface area contributed by atoms with Crippen molar-refractivity contribution in [2.24, 2.45) is 5.92 Å². The van der Waals surface area contributed by atoms with Crippen molar-refractivity contribution in [3.05, 3.63) is 45.9 Å². The molecule has 4 nitrogen and oxygen atoms in total. The first-order valence-corrected chi connectivity index (χ1v) is 6.66. The summed E-state index contributed by atoms with van der Waals surface area (Å²) in [7, 11) is 1.35. The van der Waals surface area contributed by atoms with Crippen molar-refractivity contribution in [1.29, 1.82) is 5.26 Å².